The normalized spacial score (nSPS) is 11.9. The first-order chi connectivity index (χ1) is 13.6. The highest BCUT2D eigenvalue weighted by Gasteiger charge is 2.28. The van der Waals surface area contributed by atoms with E-state index in [4.69, 9.17) is 11.6 Å². The van der Waals surface area contributed by atoms with Crippen LogP contribution in [0.2, 0.25) is 5.02 Å². The first kappa shape index (κ1) is 18.0. The van der Waals surface area contributed by atoms with Crippen molar-refractivity contribution in [1.29, 1.82) is 0 Å². The summed E-state index contributed by atoms with van der Waals surface area (Å²) >= 11 is 5.96. The van der Waals surface area contributed by atoms with Crippen LogP contribution in [0.5, 0.6) is 0 Å². The molecule has 4 aromatic rings. The molecule has 136 valence electrons. The summed E-state index contributed by atoms with van der Waals surface area (Å²) < 4.78 is 1.67. The van der Waals surface area contributed by atoms with E-state index in [1.165, 1.54) is 0 Å². The van der Waals surface area contributed by atoms with Crippen molar-refractivity contribution in [3.8, 4) is 0 Å². The lowest BCUT2D eigenvalue weighted by Gasteiger charge is -2.07. The summed E-state index contributed by atoms with van der Waals surface area (Å²) in [6.07, 6.45) is 3.63. The van der Waals surface area contributed by atoms with Gasteiger partial charge in [0.05, 0.1) is 0 Å². The zero-order valence-electron chi connectivity index (χ0n) is 14.9. The predicted octanol–water partition coefficient (Wildman–Crippen LogP) is 5.55. The van der Waals surface area contributed by atoms with Gasteiger partial charge in [0, 0.05) is 27.6 Å². The molecule has 0 bridgehead atoms. The van der Waals surface area contributed by atoms with E-state index in [0.29, 0.717) is 16.1 Å². The molecule has 0 aliphatic heterocycles. The highest BCUT2D eigenvalue weighted by atomic mass is 35.5. The molecule has 0 unspecified atom stereocenters. The average Bonchev–Trinajstić information content (AvgIpc) is 2.75. The number of carbonyl (C=O) groups is 1. The van der Waals surface area contributed by atoms with Crippen LogP contribution in [-0.4, -0.2) is 10.9 Å². The minimum Gasteiger partial charge on any atom is -0.502 e. The number of ketones is 1. The van der Waals surface area contributed by atoms with E-state index in [0.717, 1.165) is 10.8 Å². The second-order valence-corrected chi connectivity index (χ2v) is 6.82. The summed E-state index contributed by atoms with van der Waals surface area (Å²) in [5.41, 5.74) is 1.20. The fourth-order valence-corrected chi connectivity index (χ4v) is 3.22. The Balaban J connectivity index is 1.92. The van der Waals surface area contributed by atoms with Crippen molar-refractivity contribution in [2.24, 2.45) is 0 Å². The van der Waals surface area contributed by atoms with Gasteiger partial charge in [0.15, 0.2) is 18.2 Å². The van der Waals surface area contributed by atoms with Gasteiger partial charge in [-0.2, -0.15) is 4.57 Å². The van der Waals surface area contributed by atoms with Gasteiger partial charge in [-0.1, -0.05) is 60.1 Å². The zero-order chi connectivity index (χ0) is 19.5. The van der Waals surface area contributed by atoms with E-state index >= 15 is 0 Å². The Hall–Kier alpha value is -3.43. The van der Waals surface area contributed by atoms with E-state index in [9.17, 15) is 9.90 Å². The molecular weight excluding hydrogens is 370 g/mol. The molecule has 0 amide bonds. The highest BCUT2D eigenvalue weighted by molar-refractivity contribution is 6.31. The maximum absolute atomic E-state index is 13.3. The van der Waals surface area contributed by atoms with Crippen molar-refractivity contribution in [3.63, 3.8) is 0 Å². The Bertz CT molecular complexity index is 1180. The number of fused-ring (bicyclic) bond motifs is 1. The van der Waals surface area contributed by atoms with Crippen molar-refractivity contribution in [2.45, 2.75) is 0 Å². The van der Waals surface area contributed by atoms with Crippen LogP contribution < -0.4 is 4.57 Å². The van der Waals surface area contributed by atoms with Crippen molar-refractivity contribution in [2.75, 3.05) is 0 Å². The number of aromatic nitrogens is 1. The molecule has 1 N–H and O–H groups in total. The van der Waals surface area contributed by atoms with Crippen molar-refractivity contribution in [1.82, 2.24) is 0 Å². The number of pyridine rings is 1. The number of aliphatic hydroxyl groups is 1. The summed E-state index contributed by atoms with van der Waals surface area (Å²) in [4.78, 5) is 13.3. The van der Waals surface area contributed by atoms with Gasteiger partial charge in [-0.15, -0.1) is 0 Å². The minimum absolute atomic E-state index is 0.0826. The first-order valence-electron chi connectivity index (χ1n) is 8.83. The summed E-state index contributed by atoms with van der Waals surface area (Å²) in [7, 11) is 0. The van der Waals surface area contributed by atoms with Gasteiger partial charge < -0.3 is 5.11 Å². The molecule has 1 aromatic heterocycles. The second kappa shape index (κ2) is 7.67. The molecule has 0 radical (unpaired) electrons. The van der Waals surface area contributed by atoms with Crippen molar-refractivity contribution >= 4 is 39.6 Å². The first-order valence-corrected chi connectivity index (χ1v) is 9.20. The molecule has 3 aromatic carbocycles. The molecule has 4 rings (SSSR count). The maximum atomic E-state index is 13.3. The highest BCUT2D eigenvalue weighted by Crippen LogP contribution is 2.21. The molecule has 3 nitrogen and oxygen atoms in total. The predicted molar refractivity (Wildman–Crippen MR) is 112 cm³/mol. The minimum atomic E-state index is -0.293. The molecule has 0 saturated carbocycles. The van der Waals surface area contributed by atoms with Gasteiger partial charge in [-0.05, 0) is 35.7 Å². The largest absolute Gasteiger partial charge is 0.502 e. The quantitative estimate of drug-likeness (QED) is 0.216. The van der Waals surface area contributed by atoms with Gasteiger partial charge in [-0.25, -0.2) is 0 Å². The summed E-state index contributed by atoms with van der Waals surface area (Å²) in [6, 6.07) is 25.5. The number of carbonyl (C=O) groups excluding carboxylic acids is 1. The third-order valence-electron chi connectivity index (χ3n) is 4.54. The number of nitrogens with zero attached hydrogens (tertiary/aromatic N) is 1. The van der Waals surface area contributed by atoms with Crippen molar-refractivity contribution < 1.29 is 14.5 Å². The number of aliphatic hydroxyl groups excluding tert-OH is 1. The summed E-state index contributed by atoms with van der Waals surface area (Å²) in [5.74, 6) is -0.376. The van der Waals surface area contributed by atoms with Crippen LogP contribution in [0.15, 0.2) is 97.3 Å². The number of rotatable bonds is 4. The topological polar surface area (TPSA) is 41.2 Å². The van der Waals surface area contributed by atoms with Gasteiger partial charge in [0.2, 0.25) is 0 Å². The van der Waals surface area contributed by atoms with Crippen LogP contribution in [0.4, 0.5) is 0 Å². The number of hydrogen-bond acceptors (Lipinski definition) is 2. The molecule has 28 heavy (non-hydrogen) atoms. The Morgan fingerprint density at radius 1 is 0.750 bits per heavy atom. The standard InChI is InChI=1S/C24H16ClNO2/c25-21-12-10-19(11-13-21)24(28)22(23(27)18-7-2-1-3-8-18)26-15-14-17-6-4-5-9-20(17)16-26/h1-16H/p+1. The molecule has 0 aliphatic rings. The second-order valence-electron chi connectivity index (χ2n) is 6.38. The van der Waals surface area contributed by atoms with Crippen LogP contribution in [0.25, 0.3) is 22.2 Å². The lowest BCUT2D eigenvalue weighted by atomic mass is 10.0. The zero-order valence-corrected chi connectivity index (χ0v) is 15.7. The Morgan fingerprint density at radius 3 is 2.11 bits per heavy atom. The lowest BCUT2D eigenvalue weighted by molar-refractivity contribution is -0.575. The number of Topliss-reactive ketones (excluding diaryl/α,β-unsaturated/α-hetero) is 1. The van der Waals surface area contributed by atoms with E-state index in [1.807, 2.05) is 54.7 Å². The molecule has 4 heteroatoms. The van der Waals surface area contributed by atoms with Gasteiger partial charge in [-0.3, -0.25) is 4.79 Å². The molecule has 0 spiro atoms. The maximum Gasteiger partial charge on any atom is 0.301 e. The number of allylic oxidation sites excluding steroid dienone is 1. The van der Waals surface area contributed by atoms with Gasteiger partial charge in [0.25, 0.3) is 5.78 Å². The SMILES string of the molecule is O=C(/C(=C(\O)c1ccccc1)[n+]1ccc2ccccc2c1)c1ccc(Cl)cc1. The van der Waals surface area contributed by atoms with Crippen LogP contribution in [0, 0.1) is 0 Å². The number of hydrogen-bond donors (Lipinski definition) is 1. The molecular formula is C24H17ClNO2+. The van der Waals surface area contributed by atoms with Gasteiger partial charge >= 0.3 is 5.70 Å². The lowest BCUT2D eigenvalue weighted by Crippen LogP contribution is -2.36. The smallest absolute Gasteiger partial charge is 0.301 e. The fourth-order valence-electron chi connectivity index (χ4n) is 3.09. The van der Waals surface area contributed by atoms with Crippen LogP contribution in [0.3, 0.4) is 0 Å². The Labute approximate surface area is 167 Å². The van der Waals surface area contributed by atoms with E-state index in [-0.39, 0.29) is 17.2 Å². The van der Waals surface area contributed by atoms with E-state index < -0.39 is 0 Å². The molecule has 0 saturated heterocycles. The number of halogens is 1. The summed E-state index contributed by atoms with van der Waals surface area (Å²) in [6.45, 7) is 0. The number of benzene rings is 3. The van der Waals surface area contributed by atoms with Gasteiger partial charge in [0.1, 0.15) is 0 Å². The Morgan fingerprint density at radius 2 is 1.39 bits per heavy atom. The average molecular weight is 387 g/mol. The van der Waals surface area contributed by atoms with Crippen LogP contribution in [0.1, 0.15) is 15.9 Å². The van der Waals surface area contributed by atoms with E-state index in [2.05, 4.69) is 0 Å². The fraction of sp³-hybridized carbons (Fsp3) is 0. The molecule has 1 heterocycles. The molecule has 0 atom stereocenters. The monoisotopic (exact) mass is 386 g/mol. The van der Waals surface area contributed by atoms with E-state index in [1.54, 1.807) is 47.2 Å². The molecule has 0 fully saturated rings. The van der Waals surface area contributed by atoms with Crippen LogP contribution >= 0.6 is 11.6 Å². The third kappa shape index (κ3) is 3.53. The molecule has 0 aliphatic carbocycles. The van der Waals surface area contributed by atoms with Crippen molar-refractivity contribution in [3.05, 3.63) is 113 Å². The Kier molecular flexibility index (Phi) is 4.92. The van der Waals surface area contributed by atoms with Crippen LogP contribution in [-0.2, 0) is 0 Å². The third-order valence-corrected chi connectivity index (χ3v) is 4.79. The summed E-state index contributed by atoms with van der Waals surface area (Å²) in [5, 5.41) is 13.6.